The largest absolute Gasteiger partial charge is 0.379 e. The summed E-state index contributed by atoms with van der Waals surface area (Å²) in [6.07, 6.45) is 0. The molecule has 26 heavy (non-hydrogen) atoms. The molecule has 0 aliphatic carbocycles. The molecule has 1 saturated heterocycles. The number of ether oxygens (including phenoxy) is 1. The van der Waals surface area contributed by atoms with Crippen LogP contribution in [-0.2, 0) is 4.74 Å². The van der Waals surface area contributed by atoms with E-state index in [4.69, 9.17) is 4.74 Å². The highest BCUT2D eigenvalue weighted by molar-refractivity contribution is 7.10. The van der Waals surface area contributed by atoms with Gasteiger partial charge < -0.3 is 9.64 Å². The predicted octanol–water partition coefficient (Wildman–Crippen LogP) is 3.33. The van der Waals surface area contributed by atoms with E-state index in [1.807, 2.05) is 13.1 Å². The van der Waals surface area contributed by atoms with Gasteiger partial charge in [0.25, 0.3) is 0 Å². The van der Waals surface area contributed by atoms with E-state index in [2.05, 4.69) is 33.4 Å². The molecule has 0 radical (unpaired) electrons. The number of nitriles is 1. The van der Waals surface area contributed by atoms with Gasteiger partial charge in [0.15, 0.2) is 5.78 Å². The normalized spacial score (nSPS) is 16.0. The van der Waals surface area contributed by atoms with Crippen molar-refractivity contribution in [2.24, 2.45) is 0 Å². The lowest BCUT2D eigenvalue weighted by molar-refractivity contribution is 0.0184. The van der Waals surface area contributed by atoms with Crippen LogP contribution in [0.25, 0.3) is 0 Å². The molecule has 1 aromatic carbocycles. The zero-order valence-corrected chi connectivity index (χ0v) is 16.0. The van der Waals surface area contributed by atoms with Gasteiger partial charge in [-0.15, -0.1) is 11.3 Å². The van der Waals surface area contributed by atoms with Crippen LogP contribution in [0.5, 0.6) is 0 Å². The second-order valence-corrected chi connectivity index (χ2v) is 7.44. The van der Waals surface area contributed by atoms with Crippen molar-refractivity contribution in [1.29, 1.82) is 5.26 Å². The zero-order valence-electron chi connectivity index (χ0n) is 15.1. The molecule has 2 aromatic rings. The van der Waals surface area contributed by atoms with Crippen molar-refractivity contribution in [3.8, 4) is 6.07 Å². The maximum absolute atomic E-state index is 11.8. The number of Topliss-reactive ketones (excluding diaryl/α,β-unsaturated/α-hetero) is 1. The number of carbonyl (C=O) groups is 1. The summed E-state index contributed by atoms with van der Waals surface area (Å²) in [7, 11) is 1.99. The highest BCUT2D eigenvalue weighted by atomic mass is 32.1. The Morgan fingerprint density at radius 2 is 2.15 bits per heavy atom. The lowest BCUT2D eigenvalue weighted by atomic mass is 10.1. The number of benzene rings is 1. The predicted molar refractivity (Wildman–Crippen MR) is 104 cm³/mol. The van der Waals surface area contributed by atoms with E-state index in [0.717, 1.165) is 38.5 Å². The number of anilines is 1. The molecule has 1 unspecified atom stereocenters. The maximum Gasteiger partial charge on any atom is 0.159 e. The van der Waals surface area contributed by atoms with Gasteiger partial charge in [-0.05, 0) is 36.6 Å². The number of hydrogen-bond acceptors (Lipinski definition) is 6. The van der Waals surface area contributed by atoms with Crippen LogP contribution in [0.3, 0.4) is 0 Å². The molecule has 136 valence electrons. The smallest absolute Gasteiger partial charge is 0.159 e. The van der Waals surface area contributed by atoms with Gasteiger partial charge >= 0.3 is 0 Å². The molecule has 3 rings (SSSR count). The summed E-state index contributed by atoms with van der Waals surface area (Å²) < 4.78 is 5.50. The van der Waals surface area contributed by atoms with Gasteiger partial charge in [0.1, 0.15) is 6.07 Å². The fraction of sp³-hybridized carbons (Fsp3) is 0.400. The molecule has 1 aliphatic heterocycles. The Kier molecular flexibility index (Phi) is 6.04. The Balaban J connectivity index is 1.88. The summed E-state index contributed by atoms with van der Waals surface area (Å²) in [6.45, 7) is 5.58. The van der Waals surface area contributed by atoms with Crippen molar-refractivity contribution >= 4 is 22.8 Å². The molecule has 0 amide bonds. The molecular weight excluding hydrogens is 346 g/mol. The summed E-state index contributed by atoms with van der Waals surface area (Å²) in [5, 5.41) is 11.6. The van der Waals surface area contributed by atoms with Crippen LogP contribution in [0, 0.1) is 11.3 Å². The van der Waals surface area contributed by atoms with Gasteiger partial charge in [-0.2, -0.15) is 5.26 Å². The van der Waals surface area contributed by atoms with Crippen molar-refractivity contribution in [3.63, 3.8) is 0 Å². The van der Waals surface area contributed by atoms with Crippen LogP contribution in [-0.4, -0.2) is 50.6 Å². The molecule has 0 saturated carbocycles. The molecule has 1 fully saturated rings. The lowest BCUT2D eigenvalue weighted by Gasteiger charge is -2.37. The summed E-state index contributed by atoms with van der Waals surface area (Å²) in [6, 6.07) is 12.0. The van der Waals surface area contributed by atoms with E-state index in [1.165, 1.54) is 4.88 Å². The first-order valence-electron chi connectivity index (χ1n) is 8.71. The zero-order chi connectivity index (χ0) is 18.5. The number of thiophene rings is 1. The van der Waals surface area contributed by atoms with Gasteiger partial charge in [-0.25, -0.2) is 0 Å². The van der Waals surface area contributed by atoms with E-state index in [0.29, 0.717) is 11.1 Å². The van der Waals surface area contributed by atoms with Crippen LogP contribution in [0.2, 0.25) is 0 Å². The Bertz CT molecular complexity index is 792. The molecule has 1 aromatic heterocycles. The van der Waals surface area contributed by atoms with Gasteiger partial charge in [-0.3, -0.25) is 9.69 Å². The van der Waals surface area contributed by atoms with Crippen LogP contribution >= 0.6 is 11.3 Å². The van der Waals surface area contributed by atoms with Gasteiger partial charge in [0.05, 0.1) is 30.5 Å². The van der Waals surface area contributed by atoms with Crippen molar-refractivity contribution < 1.29 is 9.53 Å². The standard InChI is InChI=1S/C20H23N3O2S/c1-15(24)16-5-6-17(13-21)18(12-16)22(2)14-19(20-4-3-11-26-20)23-7-9-25-10-8-23/h3-6,11-12,19H,7-10,14H2,1-2H3. The third-order valence-corrected chi connectivity index (χ3v) is 5.71. The number of rotatable bonds is 6. The Morgan fingerprint density at radius 3 is 2.77 bits per heavy atom. The Morgan fingerprint density at radius 1 is 1.38 bits per heavy atom. The number of ketones is 1. The van der Waals surface area contributed by atoms with Crippen molar-refractivity contribution in [1.82, 2.24) is 4.90 Å². The molecule has 0 spiro atoms. The van der Waals surface area contributed by atoms with E-state index in [1.54, 1.807) is 30.4 Å². The van der Waals surface area contributed by atoms with Crippen molar-refractivity contribution in [3.05, 3.63) is 51.7 Å². The maximum atomic E-state index is 11.8. The number of hydrogen-bond donors (Lipinski definition) is 0. The van der Waals surface area contributed by atoms with Crippen LogP contribution in [0.1, 0.15) is 33.8 Å². The van der Waals surface area contributed by atoms with Crippen molar-refractivity contribution in [2.45, 2.75) is 13.0 Å². The van der Waals surface area contributed by atoms with Crippen LogP contribution in [0.4, 0.5) is 5.69 Å². The first-order chi connectivity index (χ1) is 12.6. The second kappa shape index (κ2) is 8.45. The summed E-state index contributed by atoms with van der Waals surface area (Å²) in [4.78, 5) is 17.6. The monoisotopic (exact) mass is 369 g/mol. The Hall–Kier alpha value is -2.20. The third-order valence-electron chi connectivity index (χ3n) is 4.74. The molecule has 0 bridgehead atoms. The molecule has 2 heterocycles. The molecule has 1 aliphatic rings. The van der Waals surface area contributed by atoms with E-state index in [-0.39, 0.29) is 11.8 Å². The first kappa shape index (κ1) is 18.6. The van der Waals surface area contributed by atoms with Crippen LogP contribution < -0.4 is 4.90 Å². The summed E-state index contributed by atoms with van der Waals surface area (Å²) >= 11 is 1.75. The topological polar surface area (TPSA) is 56.6 Å². The molecule has 1 atom stereocenters. The minimum Gasteiger partial charge on any atom is -0.379 e. The quantitative estimate of drug-likeness (QED) is 0.731. The lowest BCUT2D eigenvalue weighted by Crippen LogP contribution is -2.43. The molecule has 5 nitrogen and oxygen atoms in total. The first-order valence-corrected chi connectivity index (χ1v) is 9.59. The fourth-order valence-electron chi connectivity index (χ4n) is 3.27. The molecule has 0 N–H and O–H groups in total. The number of carbonyl (C=O) groups excluding carboxylic acids is 1. The van der Waals surface area contributed by atoms with E-state index >= 15 is 0 Å². The minimum atomic E-state index is 0.00660. The van der Waals surface area contributed by atoms with Crippen LogP contribution in [0.15, 0.2) is 35.7 Å². The third kappa shape index (κ3) is 4.13. The summed E-state index contributed by atoms with van der Waals surface area (Å²) in [5.41, 5.74) is 2.02. The molecular formula is C20H23N3O2S. The van der Waals surface area contributed by atoms with Gasteiger partial charge in [-0.1, -0.05) is 6.07 Å². The fourth-order valence-corrected chi connectivity index (χ4v) is 4.13. The second-order valence-electron chi connectivity index (χ2n) is 6.46. The van der Waals surface area contributed by atoms with E-state index in [9.17, 15) is 10.1 Å². The molecule has 6 heteroatoms. The number of nitrogens with zero attached hydrogens (tertiary/aromatic N) is 3. The van der Waals surface area contributed by atoms with Gasteiger partial charge in [0.2, 0.25) is 0 Å². The SMILES string of the molecule is CC(=O)c1ccc(C#N)c(N(C)CC(c2cccs2)N2CCOCC2)c1. The number of likely N-dealkylation sites (N-methyl/N-ethyl adjacent to an activating group) is 1. The number of morpholine rings is 1. The average molecular weight is 369 g/mol. The van der Waals surface area contributed by atoms with Crippen molar-refractivity contribution in [2.75, 3.05) is 44.8 Å². The van der Waals surface area contributed by atoms with E-state index < -0.39 is 0 Å². The highest BCUT2D eigenvalue weighted by Gasteiger charge is 2.25. The summed E-state index contributed by atoms with van der Waals surface area (Å²) in [5.74, 6) is 0.00660. The highest BCUT2D eigenvalue weighted by Crippen LogP contribution is 2.29. The van der Waals surface area contributed by atoms with Gasteiger partial charge in [0, 0.05) is 37.1 Å². The average Bonchev–Trinajstić information content (AvgIpc) is 3.20. The minimum absolute atomic E-state index is 0.00660. The Labute approximate surface area is 158 Å².